The zero-order chi connectivity index (χ0) is 25.0. The predicted molar refractivity (Wildman–Crippen MR) is 147 cm³/mol. The number of furan rings is 1. The van der Waals surface area contributed by atoms with Crippen LogP contribution in [0.5, 0.6) is 0 Å². The van der Waals surface area contributed by atoms with Crippen LogP contribution in [0.15, 0.2) is 101 Å². The largest absolute Gasteiger partial charge is 0.456 e. The SMILES string of the molecule is B1CCOO1.Clc1nc(-c2ccc(-c3ccccc3)cc2)nc(-c2cccc3oc4ccccc4c23)n1. The van der Waals surface area contributed by atoms with Gasteiger partial charge >= 0.3 is 7.48 Å². The van der Waals surface area contributed by atoms with E-state index in [0.717, 1.165) is 64.6 Å². The van der Waals surface area contributed by atoms with Crippen molar-refractivity contribution in [2.45, 2.75) is 6.32 Å². The average molecular weight is 506 g/mol. The van der Waals surface area contributed by atoms with Gasteiger partial charge in [-0.05, 0) is 41.2 Å². The first-order chi connectivity index (χ1) is 18.3. The topological polar surface area (TPSA) is 70.3 Å². The minimum absolute atomic E-state index is 0.155. The van der Waals surface area contributed by atoms with Gasteiger partial charge < -0.3 is 9.22 Å². The first-order valence-corrected chi connectivity index (χ1v) is 12.4. The molecule has 0 amide bonds. The zero-order valence-electron chi connectivity index (χ0n) is 19.8. The average Bonchev–Trinajstić information content (AvgIpc) is 3.65. The minimum atomic E-state index is 0.155. The van der Waals surface area contributed by atoms with Crippen molar-refractivity contribution < 1.29 is 14.1 Å². The van der Waals surface area contributed by atoms with Crippen molar-refractivity contribution in [2.24, 2.45) is 0 Å². The molecule has 180 valence electrons. The number of nitrogens with zero attached hydrogens (tertiary/aromatic N) is 3. The van der Waals surface area contributed by atoms with Crippen molar-refractivity contribution in [1.82, 2.24) is 15.0 Å². The first-order valence-electron chi connectivity index (χ1n) is 12.0. The summed E-state index contributed by atoms with van der Waals surface area (Å²) in [6, 6.07) is 32.2. The molecule has 0 unspecified atom stereocenters. The van der Waals surface area contributed by atoms with Crippen molar-refractivity contribution in [2.75, 3.05) is 6.61 Å². The standard InChI is InChI=1S/C27H16ClN3O.C2H5BO2/c28-27-30-25(19-15-13-18(14-16-19)17-7-2-1-3-8-17)29-26(31-27)21-10-6-12-23-24(21)20-9-4-5-11-22(20)32-23;1-2-4-5-3-1/h1-16H;3H,1-2H2. The molecule has 7 rings (SSSR count). The van der Waals surface area contributed by atoms with Gasteiger partial charge in [0, 0.05) is 21.9 Å². The second-order valence-electron chi connectivity index (χ2n) is 8.47. The molecule has 0 aliphatic carbocycles. The summed E-state index contributed by atoms with van der Waals surface area (Å²) in [6.45, 7) is 0.778. The van der Waals surface area contributed by atoms with Crippen LogP contribution in [-0.4, -0.2) is 29.0 Å². The Morgan fingerprint density at radius 2 is 1.35 bits per heavy atom. The van der Waals surface area contributed by atoms with Gasteiger partial charge in [-0.2, -0.15) is 9.97 Å². The number of fused-ring (bicyclic) bond motifs is 3. The summed E-state index contributed by atoms with van der Waals surface area (Å²) < 4.78 is 6.01. The van der Waals surface area contributed by atoms with Crippen LogP contribution in [-0.2, 0) is 9.69 Å². The molecule has 1 fully saturated rings. The molecule has 0 saturated carbocycles. The van der Waals surface area contributed by atoms with Gasteiger partial charge in [0.05, 0.1) is 6.61 Å². The summed E-state index contributed by atoms with van der Waals surface area (Å²) in [5.74, 6) is 1.05. The molecule has 2 aromatic heterocycles. The van der Waals surface area contributed by atoms with E-state index < -0.39 is 0 Å². The number of rotatable bonds is 3. The highest BCUT2D eigenvalue weighted by molar-refractivity contribution is 6.28. The van der Waals surface area contributed by atoms with E-state index in [1.54, 1.807) is 0 Å². The monoisotopic (exact) mass is 505 g/mol. The lowest BCUT2D eigenvalue weighted by Crippen LogP contribution is -1.97. The molecule has 0 radical (unpaired) electrons. The molecule has 6 aromatic rings. The maximum Gasteiger partial charge on any atom is 0.325 e. The van der Waals surface area contributed by atoms with Gasteiger partial charge in [0.25, 0.3) is 0 Å². The van der Waals surface area contributed by atoms with Crippen LogP contribution in [0.3, 0.4) is 0 Å². The number of hydrogen-bond donors (Lipinski definition) is 0. The molecule has 0 atom stereocenters. The molecule has 1 saturated heterocycles. The van der Waals surface area contributed by atoms with Crippen LogP contribution in [0.2, 0.25) is 11.6 Å². The Balaban J connectivity index is 0.000000453. The molecular formula is C29H21BClN3O3. The van der Waals surface area contributed by atoms with Crippen molar-refractivity contribution in [3.05, 3.63) is 102 Å². The highest BCUT2D eigenvalue weighted by Crippen LogP contribution is 2.36. The van der Waals surface area contributed by atoms with E-state index in [-0.39, 0.29) is 5.28 Å². The Labute approximate surface area is 219 Å². The summed E-state index contributed by atoms with van der Waals surface area (Å²) in [6.07, 6.45) is 1.06. The summed E-state index contributed by atoms with van der Waals surface area (Å²) in [5.41, 5.74) is 5.63. The highest BCUT2D eigenvalue weighted by atomic mass is 35.5. The predicted octanol–water partition coefficient (Wildman–Crippen LogP) is 7.14. The molecule has 4 aromatic carbocycles. The summed E-state index contributed by atoms with van der Waals surface area (Å²) in [5, 5.41) is 2.14. The zero-order valence-corrected chi connectivity index (χ0v) is 20.6. The van der Waals surface area contributed by atoms with Crippen LogP contribution in [0.25, 0.3) is 55.8 Å². The van der Waals surface area contributed by atoms with Crippen LogP contribution in [0.1, 0.15) is 0 Å². The molecule has 0 bridgehead atoms. The van der Waals surface area contributed by atoms with E-state index >= 15 is 0 Å². The number of hydrogen-bond acceptors (Lipinski definition) is 6. The van der Waals surface area contributed by atoms with E-state index in [0.29, 0.717) is 11.6 Å². The smallest absolute Gasteiger partial charge is 0.325 e. The molecule has 37 heavy (non-hydrogen) atoms. The Morgan fingerprint density at radius 1 is 0.649 bits per heavy atom. The van der Waals surface area contributed by atoms with Crippen molar-refractivity contribution in [3.8, 4) is 33.9 Å². The summed E-state index contributed by atoms with van der Waals surface area (Å²) >= 11 is 6.33. The normalized spacial score (nSPS) is 12.8. The number of para-hydroxylation sites is 1. The molecule has 8 heteroatoms. The maximum absolute atomic E-state index is 6.33. The lowest BCUT2D eigenvalue weighted by Gasteiger charge is -2.07. The van der Waals surface area contributed by atoms with Gasteiger partial charge in [-0.25, -0.2) is 4.98 Å². The van der Waals surface area contributed by atoms with Crippen LogP contribution < -0.4 is 0 Å². The first kappa shape index (κ1) is 23.4. The molecule has 0 spiro atoms. The van der Waals surface area contributed by atoms with E-state index in [1.165, 1.54) is 0 Å². The van der Waals surface area contributed by atoms with Crippen molar-refractivity contribution >= 4 is 41.0 Å². The van der Waals surface area contributed by atoms with E-state index in [2.05, 4.69) is 43.9 Å². The van der Waals surface area contributed by atoms with E-state index in [4.69, 9.17) is 21.0 Å². The molecule has 0 N–H and O–H groups in total. The number of aromatic nitrogens is 3. The van der Waals surface area contributed by atoms with Gasteiger partial charge in [-0.3, -0.25) is 4.89 Å². The Kier molecular flexibility index (Phi) is 6.65. The van der Waals surface area contributed by atoms with Gasteiger partial charge in [0.2, 0.25) is 5.28 Å². The molecule has 6 nitrogen and oxygen atoms in total. The molecule has 1 aliphatic rings. The summed E-state index contributed by atoms with van der Waals surface area (Å²) in [4.78, 5) is 22.5. The van der Waals surface area contributed by atoms with Crippen molar-refractivity contribution in [1.29, 1.82) is 0 Å². The van der Waals surface area contributed by atoms with E-state index in [1.807, 2.05) is 72.8 Å². The fourth-order valence-electron chi connectivity index (χ4n) is 4.30. The Bertz CT molecular complexity index is 1660. The molecular weight excluding hydrogens is 485 g/mol. The molecule has 1 aliphatic heterocycles. The minimum Gasteiger partial charge on any atom is -0.456 e. The maximum atomic E-state index is 6.33. The fraction of sp³-hybridized carbons (Fsp3) is 0.0690. The van der Waals surface area contributed by atoms with Crippen LogP contribution in [0, 0.1) is 0 Å². The van der Waals surface area contributed by atoms with Gasteiger partial charge in [0.15, 0.2) is 11.6 Å². The van der Waals surface area contributed by atoms with E-state index in [9.17, 15) is 0 Å². The van der Waals surface area contributed by atoms with Gasteiger partial charge in [-0.1, -0.05) is 84.9 Å². The highest BCUT2D eigenvalue weighted by Gasteiger charge is 2.16. The lowest BCUT2D eigenvalue weighted by molar-refractivity contribution is -0.181. The second-order valence-corrected chi connectivity index (χ2v) is 8.81. The number of halogens is 1. The van der Waals surface area contributed by atoms with Gasteiger partial charge in [-0.15, -0.1) is 0 Å². The van der Waals surface area contributed by atoms with Crippen LogP contribution >= 0.6 is 11.6 Å². The third-order valence-electron chi connectivity index (χ3n) is 6.04. The Morgan fingerprint density at radius 3 is 2.11 bits per heavy atom. The van der Waals surface area contributed by atoms with Crippen LogP contribution in [0.4, 0.5) is 0 Å². The van der Waals surface area contributed by atoms with Gasteiger partial charge in [0.1, 0.15) is 11.2 Å². The lowest BCUT2D eigenvalue weighted by atomic mass is 9.99. The molecule has 3 heterocycles. The third kappa shape index (κ3) is 4.97. The second kappa shape index (κ2) is 10.5. The quantitative estimate of drug-likeness (QED) is 0.188. The Hall–Kier alpha value is -4.04. The van der Waals surface area contributed by atoms with Crippen molar-refractivity contribution in [3.63, 3.8) is 0 Å². The summed E-state index contributed by atoms with van der Waals surface area (Å²) in [7, 11) is 0.778. The fourth-order valence-corrected chi connectivity index (χ4v) is 4.46. The number of benzene rings is 4. The third-order valence-corrected chi connectivity index (χ3v) is 6.21.